The van der Waals surface area contributed by atoms with Crippen LogP contribution in [0.2, 0.25) is 0 Å². The van der Waals surface area contributed by atoms with Gasteiger partial charge in [-0.2, -0.15) is 0 Å². The van der Waals surface area contributed by atoms with E-state index in [0.717, 1.165) is 11.1 Å². The first kappa shape index (κ1) is 34.0. The molecular weight excluding hydrogens is 626 g/mol. The molecule has 0 radical (unpaired) electrons. The third-order valence-corrected chi connectivity index (χ3v) is 9.79. The van der Waals surface area contributed by atoms with Gasteiger partial charge in [0.25, 0.3) is 5.91 Å². The Morgan fingerprint density at radius 2 is 1.62 bits per heavy atom. The van der Waals surface area contributed by atoms with Crippen molar-refractivity contribution in [3.05, 3.63) is 47.7 Å². The molecule has 1 aromatic carbocycles. The molecular formula is C31H41NO15. The summed E-state index contributed by atoms with van der Waals surface area (Å²) in [6.07, 6.45) is -13.5. The number of ether oxygens (including phenoxy) is 6. The monoisotopic (exact) mass is 667 g/mol. The number of hydrogen-bond donors (Lipinski definition) is 8. The van der Waals surface area contributed by atoms with Gasteiger partial charge >= 0.3 is 0 Å². The van der Waals surface area contributed by atoms with Crippen molar-refractivity contribution in [3.63, 3.8) is 0 Å². The molecule has 5 aliphatic rings. The zero-order valence-electron chi connectivity index (χ0n) is 25.5. The molecule has 3 saturated heterocycles. The van der Waals surface area contributed by atoms with Crippen molar-refractivity contribution in [2.75, 3.05) is 26.9 Å². The molecule has 3 fully saturated rings. The van der Waals surface area contributed by atoms with Crippen LogP contribution in [0.1, 0.15) is 23.6 Å². The molecule has 0 aromatic heterocycles. The van der Waals surface area contributed by atoms with E-state index in [2.05, 4.69) is 6.58 Å². The Kier molecular flexibility index (Phi) is 9.81. The van der Waals surface area contributed by atoms with Gasteiger partial charge in [0.1, 0.15) is 48.8 Å². The van der Waals surface area contributed by atoms with E-state index in [1.807, 2.05) is 0 Å². The lowest BCUT2D eigenvalue weighted by Crippen LogP contribution is -2.65. The molecule has 1 aromatic rings. The molecule has 0 spiro atoms. The fourth-order valence-electron chi connectivity index (χ4n) is 7.19. The molecule has 260 valence electrons. The number of carbonyl (C=O) groups is 1. The van der Waals surface area contributed by atoms with E-state index in [0.29, 0.717) is 30.7 Å². The highest BCUT2D eigenvalue weighted by molar-refractivity contribution is 5.95. The third kappa shape index (κ3) is 5.91. The van der Waals surface area contributed by atoms with Gasteiger partial charge in [-0.15, -0.1) is 6.58 Å². The summed E-state index contributed by atoms with van der Waals surface area (Å²) in [6.45, 7) is 2.93. The van der Waals surface area contributed by atoms with E-state index in [-0.39, 0.29) is 17.7 Å². The summed E-state index contributed by atoms with van der Waals surface area (Å²) in [5.41, 5.74) is 2.16. The standard InChI is InChI=1S/C31H41NO15/c1-3-13-15-7-17-14-8-18(35)19(42-2)6-12(14)4-5-32(17)28(41)16(15)11-43-29(13)47-31-26(40)27(23(37)21(10-34)45-31)46-30-25(39)24(38)22(36)20(9-33)44-30/h3,6,8,11,13,15,17,20-27,29-31,33-40H,1,4-5,7,9-10H2,2H3/t13-,15-,17+,20+,21+,22+,23+,24-,25+,26+,27-,29-,30-,31-/m0/s1. The van der Waals surface area contributed by atoms with Gasteiger partial charge in [-0.1, -0.05) is 6.08 Å². The summed E-state index contributed by atoms with van der Waals surface area (Å²) < 4.78 is 33.9. The highest BCUT2D eigenvalue weighted by Crippen LogP contribution is 2.49. The number of piperidine rings is 1. The molecule has 16 nitrogen and oxygen atoms in total. The number of phenolic OH excluding ortho intramolecular Hbond substituents is 1. The molecule has 0 unspecified atom stereocenters. The average Bonchev–Trinajstić information content (AvgIpc) is 3.07. The van der Waals surface area contributed by atoms with Crippen LogP contribution in [0, 0.1) is 11.8 Å². The Labute approximate surface area is 269 Å². The maximum Gasteiger partial charge on any atom is 0.253 e. The maximum atomic E-state index is 13.7. The van der Waals surface area contributed by atoms with Gasteiger partial charge in [0.05, 0.1) is 38.2 Å². The van der Waals surface area contributed by atoms with E-state index < -0.39 is 92.8 Å². The van der Waals surface area contributed by atoms with Gasteiger partial charge in [-0.05, 0) is 36.1 Å². The van der Waals surface area contributed by atoms with Crippen LogP contribution in [-0.2, 0) is 34.9 Å². The number of phenols is 1. The van der Waals surface area contributed by atoms with Crippen LogP contribution in [0.4, 0.5) is 0 Å². The Hall–Kier alpha value is -2.87. The van der Waals surface area contributed by atoms with E-state index in [1.165, 1.54) is 13.4 Å². The fraction of sp³-hybridized carbons (Fsp3) is 0.645. The highest BCUT2D eigenvalue weighted by Gasteiger charge is 2.53. The van der Waals surface area contributed by atoms with Crippen molar-refractivity contribution in [3.8, 4) is 11.5 Å². The lowest BCUT2D eigenvalue weighted by Gasteiger charge is -2.49. The van der Waals surface area contributed by atoms with Crippen molar-refractivity contribution in [1.82, 2.24) is 4.90 Å². The molecule has 47 heavy (non-hydrogen) atoms. The minimum Gasteiger partial charge on any atom is -0.504 e. The second-order valence-corrected chi connectivity index (χ2v) is 12.4. The Morgan fingerprint density at radius 3 is 2.28 bits per heavy atom. The van der Waals surface area contributed by atoms with Crippen molar-refractivity contribution in [2.24, 2.45) is 11.8 Å². The summed E-state index contributed by atoms with van der Waals surface area (Å²) in [4.78, 5) is 15.4. The van der Waals surface area contributed by atoms with Crippen LogP contribution in [0.15, 0.2) is 36.6 Å². The van der Waals surface area contributed by atoms with E-state index >= 15 is 0 Å². The molecule has 5 aliphatic heterocycles. The quantitative estimate of drug-likeness (QED) is 0.134. The number of benzene rings is 1. The number of nitrogens with zero attached hydrogens (tertiary/aromatic N) is 1. The molecule has 14 atom stereocenters. The van der Waals surface area contributed by atoms with Crippen LogP contribution in [0.5, 0.6) is 11.5 Å². The minimum atomic E-state index is -1.83. The van der Waals surface area contributed by atoms with Gasteiger partial charge in [0, 0.05) is 18.4 Å². The maximum absolute atomic E-state index is 13.7. The molecule has 0 bridgehead atoms. The number of aliphatic hydroxyl groups is 7. The van der Waals surface area contributed by atoms with Crippen molar-refractivity contribution < 1.29 is 74.1 Å². The lowest BCUT2D eigenvalue weighted by molar-refractivity contribution is -0.374. The van der Waals surface area contributed by atoms with Crippen LogP contribution < -0.4 is 4.74 Å². The zero-order valence-corrected chi connectivity index (χ0v) is 25.5. The number of fused-ring (bicyclic) bond motifs is 4. The summed E-state index contributed by atoms with van der Waals surface area (Å²) in [5.74, 6) is -1.02. The number of hydrogen-bond acceptors (Lipinski definition) is 15. The summed E-state index contributed by atoms with van der Waals surface area (Å²) in [6, 6.07) is 3.02. The summed E-state index contributed by atoms with van der Waals surface area (Å²) >= 11 is 0. The average molecular weight is 668 g/mol. The first-order valence-corrected chi connectivity index (χ1v) is 15.5. The molecule has 16 heteroatoms. The normalized spacial score (nSPS) is 41.6. The molecule has 8 N–H and O–H groups in total. The predicted octanol–water partition coefficient (Wildman–Crippen LogP) is -2.47. The molecule has 6 rings (SSSR count). The highest BCUT2D eigenvalue weighted by atomic mass is 16.8. The predicted molar refractivity (Wildman–Crippen MR) is 155 cm³/mol. The first-order valence-electron chi connectivity index (χ1n) is 15.5. The second-order valence-electron chi connectivity index (χ2n) is 12.4. The largest absolute Gasteiger partial charge is 0.504 e. The van der Waals surface area contributed by atoms with Gasteiger partial charge in [0.2, 0.25) is 6.29 Å². The first-order chi connectivity index (χ1) is 22.5. The van der Waals surface area contributed by atoms with Crippen LogP contribution in [0.3, 0.4) is 0 Å². The molecule has 1 amide bonds. The van der Waals surface area contributed by atoms with Crippen molar-refractivity contribution >= 4 is 5.91 Å². The number of aromatic hydroxyl groups is 1. The lowest BCUT2D eigenvalue weighted by atomic mass is 9.73. The topological polar surface area (TPSA) is 238 Å². The summed E-state index contributed by atoms with van der Waals surface area (Å²) in [5, 5.41) is 82.8. The van der Waals surface area contributed by atoms with Crippen molar-refractivity contribution in [2.45, 2.75) is 86.6 Å². The van der Waals surface area contributed by atoms with Crippen LogP contribution in [-0.4, -0.2) is 146 Å². The zero-order chi connectivity index (χ0) is 33.7. The summed E-state index contributed by atoms with van der Waals surface area (Å²) in [7, 11) is 1.47. The molecule has 0 aliphatic carbocycles. The third-order valence-electron chi connectivity index (χ3n) is 9.79. The van der Waals surface area contributed by atoms with E-state index in [9.17, 15) is 45.6 Å². The van der Waals surface area contributed by atoms with Gasteiger partial charge in [0.15, 0.2) is 24.1 Å². The Balaban J connectivity index is 1.22. The number of amides is 1. The molecule has 5 heterocycles. The minimum absolute atomic E-state index is 0.0418. The Bertz CT molecular complexity index is 1360. The van der Waals surface area contributed by atoms with Crippen LogP contribution in [0.25, 0.3) is 0 Å². The van der Waals surface area contributed by atoms with E-state index in [4.69, 9.17) is 28.4 Å². The number of aliphatic hydroxyl groups excluding tert-OH is 7. The number of rotatable bonds is 8. The van der Waals surface area contributed by atoms with Gasteiger partial charge < -0.3 is 74.2 Å². The Morgan fingerprint density at radius 1 is 0.936 bits per heavy atom. The van der Waals surface area contributed by atoms with Crippen LogP contribution >= 0.6 is 0 Å². The second kappa shape index (κ2) is 13.6. The number of carbonyl (C=O) groups excluding carboxylic acids is 1. The number of methoxy groups -OCH3 is 1. The van der Waals surface area contributed by atoms with E-state index in [1.54, 1.807) is 23.1 Å². The SMILES string of the molecule is C=C[C@@H]1[C@H](O[C@@H]2O[C@H](CO)[C@@H](O)[C@H](O[C@@H]3O[C@H](CO)[C@@H](O)[C@H](O)[C@H]3O)[C@H]2O)OC=C2C(=O)N3CCc4cc(OC)c(O)cc4[C@H]3C[C@H]21. The fourth-order valence-corrected chi connectivity index (χ4v) is 7.19. The van der Waals surface area contributed by atoms with Gasteiger partial charge in [-0.25, -0.2) is 0 Å². The van der Waals surface area contributed by atoms with Gasteiger partial charge in [-0.3, -0.25) is 4.79 Å². The molecule has 0 saturated carbocycles. The van der Waals surface area contributed by atoms with Crippen molar-refractivity contribution in [1.29, 1.82) is 0 Å². The smallest absolute Gasteiger partial charge is 0.253 e.